The number of nitrogens with one attached hydrogen (secondary N) is 1. The van der Waals surface area contributed by atoms with Crippen LogP contribution in [0.1, 0.15) is 38.9 Å². The van der Waals surface area contributed by atoms with E-state index in [4.69, 9.17) is 0 Å². The third-order valence-electron chi connectivity index (χ3n) is 4.17. The lowest BCUT2D eigenvalue weighted by Crippen LogP contribution is -2.45. The first kappa shape index (κ1) is 13.4. The van der Waals surface area contributed by atoms with Crippen LogP contribution in [0.3, 0.4) is 0 Å². The zero-order valence-electron chi connectivity index (χ0n) is 12.2. The molecule has 108 valence electrons. The van der Waals surface area contributed by atoms with Crippen molar-refractivity contribution in [2.45, 2.75) is 51.6 Å². The van der Waals surface area contributed by atoms with Gasteiger partial charge in [-0.1, -0.05) is 6.42 Å². The molecule has 0 bridgehead atoms. The van der Waals surface area contributed by atoms with E-state index < -0.39 is 0 Å². The molecule has 20 heavy (non-hydrogen) atoms. The van der Waals surface area contributed by atoms with Crippen molar-refractivity contribution in [3.63, 3.8) is 0 Å². The molecule has 1 fully saturated rings. The summed E-state index contributed by atoms with van der Waals surface area (Å²) >= 11 is 0. The Morgan fingerprint density at radius 3 is 3.10 bits per heavy atom. The molecule has 1 aliphatic heterocycles. The second-order valence-corrected chi connectivity index (χ2v) is 5.95. The Kier molecular flexibility index (Phi) is 3.61. The molecule has 0 spiro atoms. The number of nitrogens with zero attached hydrogens (tertiary/aromatic N) is 3. The van der Waals surface area contributed by atoms with E-state index in [0.29, 0.717) is 17.7 Å². The normalized spacial score (nSPS) is 20.9. The van der Waals surface area contributed by atoms with Crippen molar-refractivity contribution in [3.8, 4) is 0 Å². The highest BCUT2D eigenvalue weighted by Crippen LogP contribution is 2.21. The number of pyridine rings is 1. The van der Waals surface area contributed by atoms with Crippen molar-refractivity contribution >= 4 is 5.65 Å². The quantitative estimate of drug-likeness (QED) is 0.929. The molecule has 3 rings (SSSR count). The number of H-pyrrole nitrogens is 1. The summed E-state index contributed by atoms with van der Waals surface area (Å²) in [6.07, 6.45) is 6.49. The molecule has 3 heterocycles. The van der Waals surface area contributed by atoms with Crippen molar-refractivity contribution in [1.29, 1.82) is 0 Å². The van der Waals surface area contributed by atoms with Crippen LogP contribution in [0.2, 0.25) is 0 Å². The molecule has 5 nitrogen and oxygen atoms in total. The summed E-state index contributed by atoms with van der Waals surface area (Å²) in [5.41, 5.74) is 0.712. The fourth-order valence-corrected chi connectivity index (χ4v) is 3.19. The van der Waals surface area contributed by atoms with Gasteiger partial charge in [0.2, 0.25) is 0 Å². The van der Waals surface area contributed by atoms with Crippen LogP contribution in [-0.2, 0) is 6.42 Å². The largest absolute Gasteiger partial charge is 0.298 e. The van der Waals surface area contributed by atoms with Crippen LogP contribution in [0, 0.1) is 0 Å². The van der Waals surface area contributed by atoms with Gasteiger partial charge in [0, 0.05) is 36.8 Å². The lowest BCUT2D eigenvalue weighted by Gasteiger charge is -2.38. The molecule has 1 aliphatic rings. The Balaban J connectivity index is 1.82. The van der Waals surface area contributed by atoms with Gasteiger partial charge in [-0.3, -0.25) is 14.8 Å². The van der Waals surface area contributed by atoms with Gasteiger partial charge in [-0.15, -0.1) is 0 Å². The first-order chi connectivity index (χ1) is 9.63. The molecule has 0 saturated carbocycles. The molecular weight excluding hydrogens is 252 g/mol. The van der Waals surface area contributed by atoms with E-state index in [9.17, 15) is 4.79 Å². The average Bonchev–Trinajstić information content (AvgIpc) is 2.80. The highest BCUT2D eigenvalue weighted by Gasteiger charge is 2.25. The number of fused-ring (bicyclic) bond motifs is 1. The fourth-order valence-electron chi connectivity index (χ4n) is 3.19. The van der Waals surface area contributed by atoms with Gasteiger partial charge in [-0.25, -0.2) is 9.50 Å². The number of rotatable bonds is 3. The average molecular weight is 274 g/mol. The first-order valence-corrected chi connectivity index (χ1v) is 7.46. The summed E-state index contributed by atoms with van der Waals surface area (Å²) in [4.78, 5) is 18.5. The topological polar surface area (TPSA) is 53.4 Å². The Bertz CT molecular complexity index is 643. The van der Waals surface area contributed by atoms with E-state index in [2.05, 4.69) is 28.8 Å². The number of aromatic amines is 1. The van der Waals surface area contributed by atoms with Crippen LogP contribution in [-0.4, -0.2) is 38.1 Å². The zero-order chi connectivity index (χ0) is 14.1. The molecule has 0 aromatic carbocycles. The van der Waals surface area contributed by atoms with E-state index in [-0.39, 0.29) is 5.43 Å². The van der Waals surface area contributed by atoms with Gasteiger partial charge in [0.15, 0.2) is 11.1 Å². The lowest BCUT2D eigenvalue weighted by molar-refractivity contribution is 0.110. The van der Waals surface area contributed by atoms with Crippen molar-refractivity contribution in [2.24, 2.45) is 0 Å². The lowest BCUT2D eigenvalue weighted by atomic mass is 9.97. The summed E-state index contributed by atoms with van der Waals surface area (Å²) < 4.78 is 1.82. The Labute approximate surface area is 118 Å². The fraction of sp³-hybridized carbons (Fsp3) is 0.600. The van der Waals surface area contributed by atoms with Crippen LogP contribution in [0.25, 0.3) is 5.65 Å². The van der Waals surface area contributed by atoms with Gasteiger partial charge < -0.3 is 0 Å². The first-order valence-electron chi connectivity index (χ1n) is 7.46. The molecule has 1 atom stereocenters. The molecule has 2 aromatic heterocycles. The molecule has 5 heteroatoms. The van der Waals surface area contributed by atoms with Gasteiger partial charge in [0.05, 0.1) is 0 Å². The van der Waals surface area contributed by atoms with Crippen molar-refractivity contribution in [2.75, 3.05) is 6.54 Å². The minimum Gasteiger partial charge on any atom is -0.298 e. The van der Waals surface area contributed by atoms with Crippen LogP contribution >= 0.6 is 0 Å². The number of piperidine rings is 1. The highest BCUT2D eigenvalue weighted by molar-refractivity contribution is 5.36. The summed E-state index contributed by atoms with van der Waals surface area (Å²) in [6, 6.07) is 4.25. The summed E-state index contributed by atoms with van der Waals surface area (Å²) in [7, 11) is 0. The van der Waals surface area contributed by atoms with Crippen LogP contribution in [0.5, 0.6) is 0 Å². The minimum absolute atomic E-state index is 0.00419. The highest BCUT2D eigenvalue weighted by atomic mass is 16.1. The molecule has 1 unspecified atom stereocenters. The predicted octanol–water partition coefficient (Wildman–Crippen LogP) is 1.83. The zero-order valence-corrected chi connectivity index (χ0v) is 12.2. The Hall–Kier alpha value is -1.62. The third kappa shape index (κ3) is 2.63. The standard InChI is InChI=1S/C15H22N4O/c1-11(2)18-7-4-3-5-12(18)9-14-16-15-10-13(20)6-8-19(15)17-14/h6,8,10-12H,3-5,7,9H2,1-2H3,(H,16,17). The molecule has 2 aromatic rings. The maximum absolute atomic E-state index is 11.3. The van der Waals surface area contributed by atoms with Crippen molar-refractivity contribution in [1.82, 2.24) is 19.5 Å². The number of likely N-dealkylation sites (tertiary alicyclic amines) is 1. The number of hydrogen-bond donors (Lipinski definition) is 1. The molecule has 0 aliphatic carbocycles. The minimum atomic E-state index is 0.00419. The van der Waals surface area contributed by atoms with Gasteiger partial charge >= 0.3 is 0 Å². The Morgan fingerprint density at radius 2 is 2.30 bits per heavy atom. The second kappa shape index (κ2) is 5.40. The van der Waals surface area contributed by atoms with E-state index in [1.165, 1.54) is 25.8 Å². The number of aromatic nitrogens is 3. The maximum Gasteiger partial charge on any atom is 0.183 e. The SMILES string of the molecule is CC(C)N1CCCCC1Cc1nc2cc(=O)ccn2[nH]1. The van der Waals surface area contributed by atoms with Crippen molar-refractivity contribution in [3.05, 3.63) is 34.4 Å². The molecule has 1 N–H and O–H groups in total. The van der Waals surface area contributed by atoms with E-state index in [1.54, 1.807) is 18.3 Å². The third-order valence-corrected chi connectivity index (χ3v) is 4.17. The van der Waals surface area contributed by atoms with Gasteiger partial charge in [0.25, 0.3) is 0 Å². The van der Waals surface area contributed by atoms with Gasteiger partial charge in [-0.2, -0.15) is 0 Å². The molecule has 1 saturated heterocycles. The van der Waals surface area contributed by atoms with Gasteiger partial charge in [-0.05, 0) is 33.2 Å². The smallest absolute Gasteiger partial charge is 0.183 e. The van der Waals surface area contributed by atoms with Crippen LogP contribution in [0.15, 0.2) is 23.1 Å². The molecular formula is C15H22N4O. The summed E-state index contributed by atoms with van der Waals surface area (Å²) in [6.45, 7) is 5.70. The van der Waals surface area contributed by atoms with Gasteiger partial charge in [0.1, 0.15) is 5.82 Å². The summed E-state index contributed by atoms with van der Waals surface area (Å²) in [5.74, 6) is 0.966. The van der Waals surface area contributed by atoms with Crippen molar-refractivity contribution < 1.29 is 0 Å². The Morgan fingerprint density at radius 1 is 1.45 bits per heavy atom. The second-order valence-electron chi connectivity index (χ2n) is 5.95. The van der Waals surface area contributed by atoms with E-state index in [0.717, 1.165) is 12.2 Å². The predicted molar refractivity (Wildman–Crippen MR) is 79.0 cm³/mol. The van der Waals surface area contributed by atoms with E-state index in [1.807, 2.05) is 4.52 Å². The molecule has 0 radical (unpaired) electrons. The maximum atomic E-state index is 11.3. The monoisotopic (exact) mass is 274 g/mol. The summed E-state index contributed by atoms with van der Waals surface area (Å²) in [5, 5.41) is 3.27. The number of hydrogen-bond acceptors (Lipinski definition) is 3. The van der Waals surface area contributed by atoms with E-state index >= 15 is 0 Å². The van der Waals surface area contributed by atoms with Crippen LogP contribution in [0.4, 0.5) is 0 Å². The molecule has 0 amide bonds. The van der Waals surface area contributed by atoms with Crippen LogP contribution < -0.4 is 5.43 Å².